The van der Waals surface area contributed by atoms with Crippen molar-refractivity contribution in [2.24, 2.45) is 11.8 Å². The lowest BCUT2D eigenvalue weighted by Crippen LogP contribution is -2.30. The predicted molar refractivity (Wildman–Crippen MR) is 280 cm³/mol. The van der Waals surface area contributed by atoms with Gasteiger partial charge in [-0.1, -0.05) is 291 Å². The van der Waals surface area contributed by atoms with E-state index in [4.69, 9.17) is 14.2 Å². The quantitative estimate of drug-likeness (QED) is 0.0344. The van der Waals surface area contributed by atoms with Gasteiger partial charge in [0.15, 0.2) is 6.10 Å². The highest BCUT2D eigenvalue weighted by molar-refractivity contribution is 5.71. The third-order valence-electron chi connectivity index (χ3n) is 13.5. The second-order valence-corrected chi connectivity index (χ2v) is 21.2. The largest absolute Gasteiger partial charge is 0.462 e. The van der Waals surface area contributed by atoms with Crippen molar-refractivity contribution in [3.05, 3.63) is 0 Å². The lowest BCUT2D eigenvalue weighted by atomic mass is 10.0. The van der Waals surface area contributed by atoms with Crippen molar-refractivity contribution >= 4 is 17.9 Å². The van der Waals surface area contributed by atoms with Crippen LogP contribution in [-0.4, -0.2) is 37.2 Å². The fraction of sp³-hybridized carbons (Fsp3) is 0.949. The van der Waals surface area contributed by atoms with Gasteiger partial charge in [-0.3, -0.25) is 14.4 Å². The molecule has 0 aromatic rings. The standard InChI is InChI=1S/C59H114O6/c1-6-7-8-9-10-11-12-13-14-15-16-17-22-25-28-31-34-41-46-51-59(62)65-56(53-64-58(61)50-45-40-36-35-38-43-48-55(4)5)52-63-57(60)49-44-39-33-30-27-24-21-19-18-20-23-26-29-32-37-42-47-54(2)3/h54-56H,6-53H2,1-5H3/t56-/m0/s1. The van der Waals surface area contributed by atoms with E-state index in [1.807, 2.05) is 0 Å². The van der Waals surface area contributed by atoms with Crippen LogP contribution in [-0.2, 0) is 28.6 Å². The molecule has 0 heterocycles. The van der Waals surface area contributed by atoms with Gasteiger partial charge in [0.2, 0.25) is 0 Å². The number of hydrogen-bond acceptors (Lipinski definition) is 6. The maximum absolute atomic E-state index is 12.8. The van der Waals surface area contributed by atoms with Crippen molar-refractivity contribution in [3.8, 4) is 0 Å². The average molecular weight is 920 g/mol. The van der Waals surface area contributed by atoms with E-state index in [0.29, 0.717) is 19.3 Å². The number of ether oxygens (including phenoxy) is 3. The van der Waals surface area contributed by atoms with Gasteiger partial charge in [0.25, 0.3) is 0 Å². The van der Waals surface area contributed by atoms with Crippen molar-refractivity contribution in [1.29, 1.82) is 0 Å². The van der Waals surface area contributed by atoms with E-state index < -0.39 is 6.10 Å². The van der Waals surface area contributed by atoms with Crippen molar-refractivity contribution < 1.29 is 28.6 Å². The monoisotopic (exact) mass is 919 g/mol. The van der Waals surface area contributed by atoms with E-state index in [0.717, 1.165) is 69.6 Å². The van der Waals surface area contributed by atoms with Gasteiger partial charge >= 0.3 is 17.9 Å². The summed E-state index contributed by atoms with van der Waals surface area (Å²) >= 11 is 0. The second-order valence-electron chi connectivity index (χ2n) is 21.2. The SMILES string of the molecule is CCCCCCCCCCCCCCCCCCCCCC(=O)O[C@@H](COC(=O)CCCCCCCCCCCCCCCCCCC(C)C)COC(=O)CCCCCCCCC(C)C. The first kappa shape index (κ1) is 63.4. The lowest BCUT2D eigenvalue weighted by molar-refractivity contribution is -0.167. The smallest absolute Gasteiger partial charge is 0.306 e. The molecule has 0 fully saturated rings. The van der Waals surface area contributed by atoms with E-state index in [2.05, 4.69) is 34.6 Å². The van der Waals surface area contributed by atoms with Gasteiger partial charge in [0.05, 0.1) is 0 Å². The zero-order chi connectivity index (χ0) is 47.5. The number of hydrogen-bond donors (Lipinski definition) is 0. The molecule has 0 aromatic heterocycles. The number of esters is 3. The van der Waals surface area contributed by atoms with Crippen LogP contribution in [0.3, 0.4) is 0 Å². The molecule has 0 saturated heterocycles. The van der Waals surface area contributed by atoms with Gasteiger partial charge in [-0.2, -0.15) is 0 Å². The van der Waals surface area contributed by atoms with E-state index in [-0.39, 0.29) is 31.1 Å². The first-order chi connectivity index (χ1) is 31.7. The normalized spacial score (nSPS) is 12.0. The van der Waals surface area contributed by atoms with E-state index >= 15 is 0 Å². The van der Waals surface area contributed by atoms with Crippen LogP contribution in [0.25, 0.3) is 0 Å². The van der Waals surface area contributed by atoms with E-state index in [1.165, 1.54) is 218 Å². The summed E-state index contributed by atoms with van der Waals surface area (Å²) in [6.45, 7) is 11.4. The summed E-state index contributed by atoms with van der Waals surface area (Å²) in [5.74, 6) is 0.771. The van der Waals surface area contributed by atoms with Crippen molar-refractivity contribution in [1.82, 2.24) is 0 Å². The molecule has 6 nitrogen and oxygen atoms in total. The minimum absolute atomic E-state index is 0.0636. The van der Waals surface area contributed by atoms with Crippen LogP contribution in [0, 0.1) is 11.8 Å². The zero-order valence-electron chi connectivity index (χ0n) is 44.6. The molecule has 0 bridgehead atoms. The summed E-state index contributed by atoms with van der Waals surface area (Å²) < 4.78 is 16.9. The summed E-state index contributed by atoms with van der Waals surface area (Å²) in [6.07, 6.45) is 55.5. The summed E-state index contributed by atoms with van der Waals surface area (Å²) in [7, 11) is 0. The van der Waals surface area contributed by atoms with Gasteiger partial charge in [-0.15, -0.1) is 0 Å². The van der Waals surface area contributed by atoms with Crippen molar-refractivity contribution in [2.75, 3.05) is 13.2 Å². The Kier molecular flexibility index (Phi) is 50.5. The maximum Gasteiger partial charge on any atom is 0.306 e. The van der Waals surface area contributed by atoms with E-state index in [1.54, 1.807) is 0 Å². The molecular weight excluding hydrogens is 805 g/mol. The lowest BCUT2D eigenvalue weighted by Gasteiger charge is -2.18. The summed E-state index contributed by atoms with van der Waals surface area (Å²) in [4.78, 5) is 38.1. The van der Waals surface area contributed by atoms with Gasteiger partial charge in [0, 0.05) is 19.3 Å². The number of carbonyl (C=O) groups excluding carboxylic acids is 3. The van der Waals surface area contributed by atoms with Crippen LogP contribution >= 0.6 is 0 Å². The number of rotatable bonds is 53. The molecule has 386 valence electrons. The minimum atomic E-state index is -0.763. The first-order valence-electron chi connectivity index (χ1n) is 29.2. The Bertz CT molecular complexity index is 993. The molecule has 0 aliphatic carbocycles. The maximum atomic E-state index is 12.8. The predicted octanol–water partition coefficient (Wildman–Crippen LogP) is 19.3. The molecule has 0 rings (SSSR count). The van der Waals surface area contributed by atoms with Crippen LogP contribution in [0.4, 0.5) is 0 Å². The average Bonchev–Trinajstić information content (AvgIpc) is 3.28. The molecule has 0 radical (unpaired) electrons. The molecule has 1 atom stereocenters. The Morgan fingerprint density at radius 3 is 0.754 bits per heavy atom. The molecule has 0 aliphatic rings. The van der Waals surface area contributed by atoms with Gasteiger partial charge in [-0.05, 0) is 31.1 Å². The third-order valence-corrected chi connectivity index (χ3v) is 13.5. The minimum Gasteiger partial charge on any atom is -0.462 e. The molecule has 0 aromatic carbocycles. The van der Waals surface area contributed by atoms with Crippen LogP contribution in [0.2, 0.25) is 0 Å². The fourth-order valence-electron chi connectivity index (χ4n) is 9.05. The van der Waals surface area contributed by atoms with Crippen LogP contribution in [0.5, 0.6) is 0 Å². The Morgan fingerprint density at radius 1 is 0.292 bits per heavy atom. The molecular formula is C59H114O6. The Balaban J connectivity index is 4.20. The summed E-state index contributed by atoms with van der Waals surface area (Å²) in [5, 5.41) is 0. The van der Waals surface area contributed by atoms with Gasteiger partial charge < -0.3 is 14.2 Å². The second kappa shape index (κ2) is 51.8. The van der Waals surface area contributed by atoms with Gasteiger partial charge in [-0.25, -0.2) is 0 Å². The molecule has 0 saturated carbocycles. The fourth-order valence-corrected chi connectivity index (χ4v) is 9.05. The highest BCUT2D eigenvalue weighted by atomic mass is 16.6. The topological polar surface area (TPSA) is 78.9 Å². The van der Waals surface area contributed by atoms with Gasteiger partial charge in [0.1, 0.15) is 13.2 Å². The molecule has 0 amide bonds. The molecule has 0 spiro atoms. The number of carbonyl (C=O) groups is 3. The Labute approximate surface area is 406 Å². The number of unbranched alkanes of at least 4 members (excludes halogenated alkanes) is 38. The van der Waals surface area contributed by atoms with Crippen LogP contribution in [0.15, 0.2) is 0 Å². The summed E-state index contributed by atoms with van der Waals surface area (Å²) in [6, 6.07) is 0. The molecule has 6 heteroatoms. The first-order valence-corrected chi connectivity index (χ1v) is 29.2. The van der Waals surface area contributed by atoms with E-state index in [9.17, 15) is 14.4 Å². The zero-order valence-corrected chi connectivity index (χ0v) is 44.6. The van der Waals surface area contributed by atoms with Crippen LogP contribution in [0.1, 0.15) is 330 Å². The molecule has 0 N–H and O–H groups in total. The highest BCUT2D eigenvalue weighted by Crippen LogP contribution is 2.18. The molecule has 0 aliphatic heterocycles. The Hall–Kier alpha value is -1.59. The molecule has 0 unspecified atom stereocenters. The van der Waals surface area contributed by atoms with Crippen molar-refractivity contribution in [2.45, 2.75) is 336 Å². The highest BCUT2D eigenvalue weighted by Gasteiger charge is 2.19. The van der Waals surface area contributed by atoms with Crippen LogP contribution < -0.4 is 0 Å². The summed E-state index contributed by atoms with van der Waals surface area (Å²) in [5.41, 5.74) is 0. The Morgan fingerprint density at radius 2 is 0.508 bits per heavy atom. The van der Waals surface area contributed by atoms with Crippen molar-refractivity contribution in [3.63, 3.8) is 0 Å². The molecule has 65 heavy (non-hydrogen) atoms. The third kappa shape index (κ3) is 53.2.